The topological polar surface area (TPSA) is 52.0 Å². The highest BCUT2D eigenvalue weighted by Crippen LogP contribution is 2.45. The first-order valence-electron chi connectivity index (χ1n) is 15.9. The maximum absolute atomic E-state index is 14.3. The second kappa shape index (κ2) is 9.40. The summed E-state index contributed by atoms with van der Waals surface area (Å²) in [6, 6.07) is 33.6. The molecular formula is C37H24N2O2S. The summed E-state index contributed by atoms with van der Waals surface area (Å²) in [4.78, 5) is 5.32. The molecule has 1 aliphatic rings. The van der Waals surface area contributed by atoms with Crippen LogP contribution in [0.5, 0.6) is 0 Å². The molecule has 5 heteroatoms. The Morgan fingerprint density at radius 2 is 1.19 bits per heavy atom. The molecule has 6 aromatic carbocycles. The minimum Gasteiger partial charge on any atom is -0.290 e. The molecule has 0 amide bonds. The van der Waals surface area contributed by atoms with Crippen LogP contribution in [0.25, 0.3) is 61.5 Å². The van der Waals surface area contributed by atoms with Gasteiger partial charge in [-0.1, -0.05) is 127 Å². The van der Waals surface area contributed by atoms with Gasteiger partial charge in [-0.25, -0.2) is 13.4 Å². The molecule has 1 aromatic heterocycles. The molecule has 0 atom stereocenters. The summed E-state index contributed by atoms with van der Waals surface area (Å²) in [5.74, 6) is 0.670. The zero-order valence-electron chi connectivity index (χ0n) is 27.1. The van der Waals surface area contributed by atoms with Crippen LogP contribution >= 0.6 is 0 Å². The normalized spacial score (nSPS) is 14.8. The molecule has 7 aromatic rings. The standard InChI is InChI=1S/C37H24N2O2S/c40-42(41)34-16-8-14-32-35(34)39(37(38-32)30-11-5-2-6-12-30)33-15-7-13-31(36(33)42)29-23-21-28(22-24-29)27-19-17-26(18-20-27)25-9-3-1-4-10-25/h1-24H/i1D,3D,4D,9D,10D. The van der Waals surface area contributed by atoms with Crippen molar-refractivity contribution in [3.8, 4) is 50.5 Å². The monoisotopic (exact) mass is 565 g/mol. The van der Waals surface area contributed by atoms with Crippen molar-refractivity contribution < 1.29 is 15.3 Å². The first kappa shape index (κ1) is 19.8. The third-order valence-electron chi connectivity index (χ3n) is 7.67. The molecule has 42 heavy (non-hydrogen) atoms. The molecule has 0 bridgehead atoms. The fraction of sp³-hybridized carbons (Fsp3) is 0. The van der Waals surface area contributed by atoms with E-state index in [0.29, 0.717) is 33.7 Å². The number of sulfone groups is 1. The lowest BCUT2D eigenvalue weighted by Gasteiger charge is -2.23. The van der Waals surface area contributed by atoms with Gasteiger partial charge in [0.2, 0.25) is 9.84 Å². The van der Waals surface area contributed by atoms with Gasteiger partial charge in [0.1, 0.15) is 10.7 Å². The van der Waals surface area contributed by atoms with Gasteiger partial charge in [-0.05, 0) is 46.0 Å². The van der Waals surface area contributed by atoms with Crippen LogP contribution in [0, 0.1) is 0 Å². The van der Waals surface area contributed by atoms with Gasteiger partial charge in [-0.2, -0.15) is 0 Å². The Hall–Kier alpha value is -5.26. The largest absolute Gasteiger partial charge is 0.290 e. The molecule has 4 nitrogen and oxygen atoms in total. The zero-order valence-corrected chi connectivity index (χ0v) is 22.9. The Bertz CT molecular complexity index is 2480. The fourth-order valence-corrected chi connectivity index (χ4v) is 7.55. The average molecular weight is 566 g/mol. The van der Waals surface area contributed by atoms with E-state index in [1.807, 2.05) is 95.6 Å². The Morgan fingerprint density at radius 1 is 0.571 bits per heavy atom. The Balaban J connectivity index is 1.21. The lowest BCUT2D eigenvalue weighted by Crippen LogP contribution is -2.16. The predicted molar refractivity (Wildman–Crippen MR) is 168 cm³/mol. The quantitative estimate of drug-likeness (QED) is 0.214. The predicted octanol–water partition coefficient (Wildman–Crippen LogP) is 8.84. The maximum atomic E-state index is 14.3. The van der Waals surface area contributed by atoms with E-state index < -0.39 is 15.9 Å². The molecule has 0 fully saturated rings. The van der Waals surface area contributed by atoms with E-state index in [9.17, 15) is 8.42 Å². The van der Waals surface area contributed by atoms with E-state index in [1.54, 1.807) is 24.3 Å². The van der Waals surface area contributed by atoms with Crippen molar-refractivity contribution in [2.75, 3.05) is 0 Å². The first-order valence-corrected chi connectivity index (χ1v) is 14.9. The van der Waals surface area contributed by atoms with Gasteiger partial charge in [-0.15, -0.1) is 0 Å². The summed E-state index contributed by atoms with van der Waals surface area (Å²) in [5, 5.41) is 0. The number of imidazole rings is 1. The smallest absolute Gasteiger partial charge is 0.211 e. The van der Waals surface area contributed by atoms with Crippen LogP contribution < -0.4 is 0 Å². The third-order valence-corrected chi connectivity index (χ3v) is 9.54. The van der Waals surface area contributed by atoms with E-state index >= 15 is 0 Å². The number of fused-ring (bicyclic) bond motifs is 2. The van der Waals surface area contributed by atoms with E-state index in [0.717, 1.165) is 22.3 Å². The van der Waals surface area contributed by atoms with Crippen molar-refractivity contribution in [3.63, 3.8) is 0 Å². The van der Waals surface area contributed by atoms with Gasteiger partial charge >= 0.3 is 0 Å². The first-order chi connectivity index (χ1) is 22.7. The SMILES string of the molecule is [2H]c1c([2H])c([2H])c(-c2ccc(-c3ccc(-c4cccc5c4S(=O)(=O)c4cccc6nc(-c7ccccc7)n-5c46)cc3)cc2)c([2H])c1[2H]. The minimum absolute atomic E-state index is 0.153. The fourth-order valence-electron chi connectivity index (χ4n) is 5.71. The van der Waals surface area contributed by atoms with Gasteiger partial charge in [0.25, 0.3) is 0 Å². The van der Waals surface area contributed by atoms with Crippen molar-refractivity contribution in [1.82, 2.24) is 9.55 Å². The summed E-state index contributed by atoms with van der Waals surface area (Å²) in [6.45, 7) is 0. The number of rotatable bonds is 4. The van der Waals surface area contributed by atoms with Gasteiger partial charge in [-0.3, -0.25) is 4.57 Å². The van der Waals surface area contributed by atoms with Crippen LogP contribution in [0.1, 0.15) is 6.85 Å². The molecule has 200 valence electrons. The van der Waals surface area contributed by atoms with Crippen LogP contribution in [-0.4, -0.2) is 18.0 Å². The van der Waals surface area contributed by atoms with Crippen molar-refractivity contribution in [2.45, 2.75) is 9.79 Å². The minimum atomic E-state index is -3.89. The van der Waals surface area contributed by atoms with Crippen LogP contribution in [0.4, 0.5) is 0 Å². The molecule has 0 saturated carbocycles. The lowest BCUT2D eigenvalue weighted by atomic mass is 9.98. The van der Waals surface area contributed by atoms with Gasteiger partial charge in [0.15, 0.2) is 0 Å². The maximum Gasteiger partial charge on any atom is 0.211 e. The summed E-state index contributed by atoms with van der Waals surface area (Å²) in [6.07, 6.45) is 0. The Kier molecular flexibility index (Phi) is 4.42. The number of benzene rings is 6. The number of nitrogens with zero attached hydrogens (tertiary/aromatic N) is 2. The number of hydrogen-bond acceptors (Lipinski definition) is 3. The summed E-state index contributed by atoms with van der Waals surface area (Å²) >= 11 is 0. The van der Waals surface area contributed by atoms with E-state index in [2.05, 4.69) is 0 Å². The molecule has 0 spiro atoms. The highest BCUT2D eigenvalue weighted by molar-refractivity contribution is 7.92. The van der Waals surface area contributed by atoms with E-state index in [4.69, 9.17) is 11.8 Å². The number of para-hydroxylation sites is 1. The van der Waals surface area contributed by atoms with Crippen molar-refractivity contribution in [2.24, 2.45) is 0 Å². The van der Waals surface area contributed by atoms with Gasteiger partial charge in [0.05, 0.1) is 28.5 Å². The van der Waals surface area contributed by atoms with Crippen molar-refractivity contribution >= 4 is 20.9 Å². The summed E-state index contributed by atoms with van der Waals surface area (Å²) in [7, 11) is -3.89. The molecule has 2 heterocycles. The van der Waals surface area contributed by atoms with Crippen molar-refractivity contribution in [1.29, 1.82) is 0 Å². The van der Waals surface area contributed by atoms with Crippen LogP contribution in [0.3, 0.4) is 0 Å². The molecule has 0 saturated heterocycles. The molecule has 0 N–H and O–H groups in total. The Labute approximate surface area is 251 Å². The van der Waals surface area contributed by atoms with Crippen LogP contribution in [0.15, 0.2) is 155 Å². The van der Waals surface area contributed by atoms with Crippen LogP contribution in [-0.2, 0) is 9.84 Å². The summed E-state index contributed by atoms with van der Waals surface area (Å²) < 4.78 is 70.9. The van der Waals surface area contributed by atoms with Crippen molar-refractivity contribution in [3.05, 3.63) is 145 Å². The number of hydrogen-bond donors (Lipinski definition) is 0. The molecule has 1 aliphatic heterocycles. The summed E-state index contributed by atoms with van der Waals surface area (Å²) in [5.41, 5.74) is 6.35. The van der Waals surface area contributed by atoms with Crippen LogP contribution in [0.2, 0.25) is 0 Å². The third kappa shape index (κ3) is 3.75. The average Bonchev–Trinajstić information content (AvgIpc) is 3.50. The highest BCUT2D eigenvalue weighted by atomic mass is 32.2. The molecule has 0 radical (unpaired) electrons. The molecule has 0 aliphatic carbocycles. The Morgan fingerprint density at radius 3 is 1.88 bits per heavy atom. The van der Waals surface area contributed by atoms with Gasteiger partial charge < -0.3 is 0 Å². The van der Waals surface area contributed by atoms with E-state index in [1.165, 1.54) is 0 Å². The lowest BCUT2D eigenvalue weighted by molar-refractivity contribution is 0.595. The zero-order chi connectivity index (χ0) is 32.6. The molecule has 8 rings (SSSR count). The molecular weight excluding hydrogens is 536 g/mol. The second-order valence-electron chi connectivity index (χ2n) is 10.1. The second-order valence-corrected chi connectivity index (χ2v) is 11.9. The highest BCUT2D eigenvalue weighted by Gasteiger charge is 2.35. The molecule has 0 unspecified atom stereocenters. The van der Waals surface area contributed by atoms with Gasteiger partial charge in [0, 0.05) is 11.1 Å². The number of aromatic nitrogens is 2. The van der Waals surface area contributed by atoms with E-state index in [-0.39, 0.29) is 39.5 Å².